The van der Waals surface area contributed by atoms with Crippen LogP contribution in [-0.4, -0.2) is 52.6 Å². The molecule has 1 rings (SSSR count). The van der Waals surface area contributed by atoms with Crippen molar-refractivity contribution >= 4 is 12.0 Å². The van der Waals surface area contributed by atoms with Gasteiger partial charge in [-0.05, 0) is 24.7 Å². The Hall–Kier alpha value is -1.52. The first-order valence-corrected chi connectivity index (χ1v) is 7.24. The van der Waals surface area contributed by atoms with Gasteiger partial charge in [-0.3, -0.25) is 0 Å². The van der Waals surface area contributed by atoms with E-state index in [0.29, 0.717) is 19.6 Å². The molecule has 114 valence electrons. The van der Waals surface area contributed by atoms with Crippen molar-refractivity contribution in [3.8, 4) is 0 Å². The first kappa shape index (κ1) is 16.5. The Morgan fingerprint density at radius 3 is 2.65 bits per heavy atom. The minimum Gasteiger partial charge on any atom is -0.480 e. The van der Waals surface area contributed by atoms with Crippen molar-refractivity contribution in [1.82, 2.24) is 9.80 Å². The van der Waals surface area contributed by atoms with E-state index in [1.807, 2.05) is 20.8 Å². The molecule has 0 bridgehead atoms. The number of urea groups is 1. The molecule has 1 unspecified atom stereocenters. The van der Waals surface area contributed by atoms with E-state index in [1.165, 1.54) is 4.90 Å². The number of rotatable bonds is 5. The lowest BCUT2D eigenvalue weighted by Gasteiger charge is -2.45. The summed E-state index contributed by atoms with van der Waals surface area (Å²) in [5.74, 6) is -0.918. The van der Waals surface area contributed by atoms with Crippen LogP contribution >= 0.6 is 0 Å². The first-order chi connectivity index (χ1) is 9.35. The summed E-state index contributed by atoms with van der Waals surface area (Å²) in [6.07, 6.45) is 4.19. The Balaban J connectivity index is 2.97. The quantitative estimate of drug-likeness (QED) is 0.788. The molecule has 0 aromatic heterocycles. The van der Waals surface area contributed by atoms with Crippen LogP contribution in [0.2, 0.25) is 0 Å². The fourth-order valence-electron chi connectivity index (χ4n) is 2.94. The molecule has 1 saturated heterocycles. The van der Waals surface area contributed by atoms with E-state index in [0.717, 1.165) is 19.3 Å². The molecule has 1 N–H and O–H groups in total. The lowest BCUT2D eigenvalue weighted by molar-refractivity contribution is -0.148. The van der Waals surface area contributed by atoms with E-state index in [2.05, 4.69) is 6.58 Å². The average molecular weight is 282 g/mol. The highest BCUT2D eigenvalue weighted by atomic mass is 16.4. The maximum absolute atomic E-state index is 12.6. The number of likely N-dealkylation sites (tertiary alicyclic amines) is 1. The van der Waals surface area contributed by atoms with Gasteiger partial charge in [-0.2, -0.15) is 0 Å². The molecule has 1 atom stereocenters. The Kier molecular flexibility index (Phi) is 5.60. The van der Waals surface area contributed by atoms with Gasteiger partial charge in [0.1, 0.15) is 6.04 Å². The zero-order valence-electron chi connectivity index (χ0n) is 12.8. The number of aliphatic carboxylic acids is 1. The molecular formula is C15H26N2O3. The largest absolute Gasteiger partial charge is 0.480 e. The van der Waals surface area contributed by atoms with Gasteiger partial charge in [-0.25, -0.2) is 9.59 Å². The fraction of sp³-hybridized carbons (Fsp3) is 0.733. The molecule has 20 heavy (non-hydrogen) atoms. The second kappa shape index (κ2) is 6.77. The van der Waals surface area contributed by atoms with E-state index >= 15 is 0 Å². The van der Waals surface area contributed by atoms with Gasteiger partial charge in [0.15, 0.2) is 0 Å². The van der Waals surface area contributed by atoms with Crippen LogP contribution in [0.4, 0.5) is 4.79 Å². The van der Waals surface area contributed by atoms with Gasteiger partial charge < -0.3 is 14.9 Å². The van der Waals surface area contributed by atoms with Gasteiger partial charge in [0.25, 0.3) is 0 Å². The van der Waals surface area contributed by atoms with E-state index in [4.69, 9.17) is 0 Å². The number of amides is 2. The molecule has 0 spiro atoms. The third-order valence-electron chi connectivity index (χ3n) is 3.87. The molecule has 0 aromatic carbocycles. The Labute approximate surface area is 121 Å². The molecule has 0 radical (unpaired) electrons. The Morgan fingerprint density at radius 1 is 1.50 bits per heavy atom. The van der Waals surface area contributed by atoms with Crippen LogP contribution in [-0.2, 0) is 4.79 Å². The number of nitrogens with zero attached hydrogens (tertiary/aromatic N) is 2. The van der Waals surface area contributed by atoms with Gasteiger partial charge in [0.05, 0.1) is 0 Å². The second-order valence-corrected chi connectivity index (χ2v) is 6.04. The third-order valence-corrected chi connectivity index (χ3v) is 3.87. The predicted molar refractivity (Wildman–Crippen MR) is 78.6 cm³/mol. The molecule has 1 aliphatic rings. The van der Waals surface area contributed by atoms with Crippen LogP contribution in [0, 0.1) is 5.41 Å². The highest BCUT2D eigenvalue weighted by Gasteiger charge is 2.45. The monoisotopic (exact) mass is 282 g/mol. The first-order valence-electron chi connectivity index (χ1n) is 7.24. The van der Waals surface area contributed by atoms with Crippen LogP contribution in [0.5, 0.6) is 0 Å². The number of carbonyl (C=O) groups is 2. The molecule has 0 aliphatic carbocycles. The third kappa shape index (κ3) is 3.52. The lowest BCUT2D eigenvalue weighted by Crippen LogP contribution is -2.59. The van der Waals surface area contributed by atoms with E-state index < -0.39 is 17.4 Å². The molecule has 2 amide bonds. The summed E-state index contributed by atoms with van der Waals surface area (Å²) >= 11 is 0. The number of hydrogen-bond donors (Lipinski definition) is 1. The van der Waals surface area contributed by atoms with Crippen LogP contribution in [0.1, 0.15) is 40.0 Å². The van der Waals surface area contributed by atoms with E-state index in [1.54, 1.807) is 11.0 Å². The number of carbonyl (C=O) groups excluding carboxylic acids is 1. The van der Waals surface area contributed by atoms with Crippen LogP contribution in [0.25, 0.3) is 0 Å². The molecule has 5 nitrogen and oxygen atoms in total. The van der Waals surface area contributed by atoms with E-state index in [9.17, 15) is 14.7 Å². The summed E-state index contributed by atoms with van der Waals surface area (Å²) in [5.41, 5.74) is -0.397. The summed E-state index contributed by atoms with van der Waals surface area (Å²) in [6, 6.07) is -0.945. The summed E-state index contributed by atoms with van der Waals surface area (Å²) in [4.78, 5) is 27.4. The average Bonchev–Trinajstić information content (AvgIpc) is 2.35. The topological polar surface area (TPSA) is 60.9 Å². The molecular weight excluding hydrogens is 256 g/mol. The van der Waals surface area contributed by atoms with Crippen LogP contribution < -0.4 is 0 Å². The molecule has 0 saturated carbocycles. The molecule has 1 fully saturated rings. The zero-order valence-corrected chi connectivity index (χ0v) is 12.8. The van der Waals surface area contributed by atoms with Crippen molar-refractivity contribution in [2.45, 2.75) is 46.1 Å². The maximum atomic E-state index is 12.6. The van der Waals surface area contributed by atoms with Crippen LogP contribution in [0.15, 0.2) is 12.7 Å². The highest BCUT2D eigenvalue weighted by Crippen LogP contribution is 2.35. The van der Waals surface area contributed by atoms with Gasteiger partial charge in [0.2, 0.25) is 0 Å². The summed E-state index contributed by atoms with van der Waals surface area (Å²) in [6.45, 7) is 11.1. The van der Waals surface area contributed by atoms with Crippen molar-refractivity contribution in [3.05, 3.63) is 12.7 Å². The highest BCUT2D eigenvalue weighted by molar-refractivity contribution is 5.83. The summed E-state index contributed by atoms with van der Waals surface area (Å²) in [5, 5.41) is 9.50. The molecule has 1 aliphatic heterocycles. The fourth-order valence-corrected chi connectivity index (χ4v) is 2.94. The normalized spacial score (nSPS) is 21.4. The van der Waals surface area contributed by atoms with Gasteiger partial charge in [-0.15, -0.1) is 6.58 Å². The van der Waals surface area contributed by atoms with E-state index in [-0.39, 0.29) is 6.03 Å². The molecule has 5 heteroatoms. The smallest absolute Gasteiger partial charge is 0.327 e. The van der Waals surface area contributed by atoms with Crippen molar-refractivity contribution in [3.63, 3.8) is 0 Å². The lowest BCUT2D eigenvalue weighted by atomic mass is 9.76. The van der Waals surface area contributed by atoms with Crippen molar-refractivity contribution in [1.29, 1.82) is 0 Å². The number of carboxylic acid groups (broad SMARTS) is 1. The summed E-state index contributed by atoms with van der Waals surface area (Å²) in [7, 11) is 0. The molecule has 1 heterocycles. The number of piperidine rings is 1. The van der Waals surface area contributed by atoms with Gasteiger partial charge in [-0.1, -0.05) is 26.8 Å². The zero-order chi connectivity index (χ0) is 15.3. The second-order valence-electron chi connectivity index (χ2n) is 6.04. The standard InChI is InChI=1S/C15H26N2O3/c1-5-9-16(10-6-2)14(20)17-11-7-8-15(3,4)12(17)13(18)19/h5,12H,1,6-11H2,2-4H3,(H,18,19). The predicted octanol–water partition coefficient (Wildman–Crippen LogP) is 2.58. The Bertz CT molecular complexity index is 379. The van der Waals surface area contributed by atoms with Crippen molar-refractivity contribution in [2.75, 3.05) is 19.6 Å². The Morgan fingerprint density at radius 2 is 2.15 bits per heavy atom. The number of carboxylic acids is 1. The van der Waals surface area contributed by atoms with Crippen molar-refractivity contribution < 1.29 is 14.7 Å². The number of hydrogen-bond acceptors (Lipinski definition) is 2. The van der Waals surface area contributed by atoms with Gasteiger partial charge in [0, 0.05) is 19.6 Å². The van der Waals surface area contributed by atoms with Crippen LogP contribution in [0.3, 0.4) is 0 Å². The minimum atomic E-state index is -0.918. The van der Waals surface area contributed by atoms with Gasteiger partial charge >= 0.3 is 12.0 Å². The van der Waals surface area contributed by atoms with Crippen molar-refractivity contribution in [2.24, 2.45) is 5.41 Å². The summed E-state index contributed by atoms with van der Waals surface area (Å²) < 4.78 is 0. The SMILES string of the molecule is C=CCN(CCC)C(=O)N1CCCC(C)(C)C1C(=O)O. The minimum absolute atomic E-state index is 0.188. The molecule has 0 aromatic rings. The maximum Gasteiger partial charge on any atom is 0.327 e.